The quantitative estimate of drug-likeness (QED) is 0.493. The predicted octanol–water partition coefficient (Wildman–Crippen LogP) is 3.63. The molecule has 8 heteroatoms. The number of nitrogens with zero attached hydrogens (tertiary/aromatic N) is 3. The van der Waals surface area contributed by atoms with Crippen molar-refractivity contribution in [2.75, 3.05) is 12.4 Å². The number of nitro benzene ring substituents is 1. The molecule has 0 fully saturated rings. The lowest BCUT2D eigenvalue weighted by molar-refractivity contribution is -0.385. The molecule has 1 aliphatic heterocycles. The molecule has 1 N–H and O–H groups in total. The van der Waals surface area contributed by atoms with Crippen molar-refractivity contribution in [3.63, 3.8) is 0 Å². The third-order valence-corrected chi connectivity index (χ3v) is 4.93. The van der Waals surface area contributed by atoms with Gasteiger partial charge >= 0.3 is 5.97 Å². The average Bonchev–Trinajstić information content (AvgIpc) is 2.96. The number of hydrogen-bond acceptors (Lipinski definition) is 6. The highest BCUT2D eigenvalue weighted by Crippen LogP contribution is 2.48. The minimum atomic E-state index is -0.659. The highest BCUT2D eigenvalue weighted by atomic mass is 16.6. The first kappa shape index (κ1) is 19.6. The first-order chi connectivity index (χ1) is 13.1. The van der Waals surface area contributed by atoms with Crippen molar-refractivity contribution in [1.29, 1.82) is 0 Å². The van der Waals surface area contributed by atoms with Crippen molar-refractivity contribution in [3.8, 4) is 0 Å². The second-order valence-corrected chi connectivity index (χ2v) is 7.89. The van der Waals surface area contributed by atoms with Gasteiger partial charge in [-0.25, -0.2) is 4.79 Å². The van der Waals surface area contributed by atoms with Crippen molar-refractivity contribution in [2.24, 2.45) is 7.05 Å². The number of fused-ring (bicyclic) bond motifs is 1. The molecule has 148 valence electrons. The third-order valence-electron chi connectivity index (χ3n) is 4.93. The molecule has 0 bridgehead atoms. The second-order valence-electron chi connectivity index (χ2n) is 7.89. The van der Waals surface area contributed by atoms with Gasteiger partial charge in [0.25, 0.3) is 5.69 Å². The first-order valence-electron chi connectivity index (χ1n) is 8.94. The highest BCUT2D eigenvalue weighted by Gasteiger charge is 2.42. The molecule has 3 rings (SSSR count). The molecule has 1 unspecified atom stereocenters. The maximum Gasteiger partial charge on any atom is 0.336 e. The zero-order valence-corrected chi connectivity index (χ0v) is 16.9. The minimum Gasteiger partial charge on any atom is -0.466 e. The molecular formula is C20H24N4O4. The predicted molar refractivity (Wildman–Crippen MR) is 105 cm³/mol. The van der Waals surface area contributed by atoms with E-state index in [-0.39, 0.29) is 11.1 Å². The van der Waals surface area contributed by atoms with Crippen molar-refractivity contribution < 1.29 is 14.5 Å². The van der Waals surface area contributed by atoms with Gasteiger partial charge in [0.2, 0.25) is 0 Å². The van der Waals surface area contributed by atoms with E-state index in [4.69, 9.17) is 4.74 Å². The lowest BCUT2D eigenvalue weighted by Crippen LogP contribution is -2.26. The molecule has 28 heavy (non-hydrogen) atoms. The second kappa shape index (κ2) is 6.78. The van der Waals surface area contributed by atoms with E-state index in [0.29, 0.717) is 16.8 Å². The van der Waals surface area contributed by atoms with Crippen molar-refractivity contribution >= 4 is 17.5 Å². The topological polar surface area (TPSA) is 99.3 Å². The molecule has 2 aromatic rings. The van der Waals surface area contributed by atoms with Crippen LogP contribution in [0.1, 0.15) is 50.4 Å². The maximum absolute atomic E-state index is 12.7. The fourth-order valence-electron chi connectivity index (χ4n) is 3.71. The number of benzene rings is 1. The van der Waals surface area contributed by atoms with Gasteiger partial charge in [0.15, 0.2) is 0 Å². The summed E-state index contributed by atoms with van der Waals surface area (Å²) in [7, 11) is 3.12. The van der Waals surface area contributed by atoms with Crippen LogP contribution in [0.5, 0.6) is 0 Å². The summed E-state index contributed by atoms with van der Waals surface area (Å²) in [6.45, 7) is 7.83. The number of nitro groups is 1. The van der Waals surface area contributed by atoms with E-state index in [1.165, 1.54) is 13.2 Å². The van der Waals surface area contributed by atoms with Gasteiger partial charge in [0.05, 0.1) is 29.2 Å². The molecule has 1 aliphatic rings. The summed E-state index contributed by atoms with van der Waals surface area (Å²) in [6.07, 6.45) is 0. The number of carbonyl (C=O) groups excluding carboxylic acids is 1. The Hall–Kier alpha value is -3.16. The Morgan fingerprint density at radius 3 is 2.54 bits per heavy atom. The summed E-state index contributed by atoms with van der Waals surface area (Å²) < 4.78 is 6.74. The third kappa shape index (κ3) is 3.04. The molecule has 0 spiro atoms. The molecule has 0 saturated carbocycles. The van der Waals surface area contributed by atoms with Crippen LogP contribution in [0.4, 0.5) is 11.5 Å². The number of carbonyl (C=O) groups is 1. The van der Waals surface area contributed by atoms with E-state index in [2.05, 4.69) is 10.4 Å². The molecule has 2 heterocycles. The van der Waals surface area contributed by atoms with Gasteiger partial charge in [-0.15, -0.1) is 0 Å². The number of esters is 1. The van der Waals surface area contributed by atoms with Gasteiger partial charge in [-0.05, 0) is 6.92 Å². The number of allylic oxidation sites excluding steroid dienone is 1. The van der Waals surface area contributed by atoms with E-state index < -0.39 is 16.8 Å². The van der Waals surface area contributed by atoms with Crippen LogP contribution in [0.25, 0.3) is 0 Å². The van der Waals surface area contributed by atoms with Crippen LogP contribution in [0.2, 0.25) is 0 Å². The summed E-state index contributed by atoms with van der Waals surface area (Å²) in [5.74, 6) is -0.464. The lowest BCUT2D eigenvalue weighted by atomic mass is 9.76. The highest BCUT2D eigenvalue weighted by molar-refractivity contribution is 5.95. The Bertz CT molecular complexity index is 998. The standard InChI is InChI=1S/C20H24N4O4/c1-11-14(19(25)28-6)15(12-9-7-8-10-13(12)24(26)27)16-17(20(2,3)4)22-23(5)18(16)21-11/h7-10,15,21H,1-6H3. The fraction of sp³-hybridized carbons (Fsp3) is 0.400. The fourth-order valence-corrected chi connectivity index (χ4v) is 3.71. The Kier molecular flexibility index (Phi) is 4.74. The largest absolute Gasteiger partial charge is 0.466 e. The smallest absolute Gasteiger partial charge is 0.336 e. The van der Waals surface area contributed by atoms with Crippen LogP contribution in [0.15, 0.2) is 35.5 Å². The van der Waals surface area contributed by atoms with E-state index in [9.17, 15) is 14.9 Å². The molecule has 1 atom stereocenters. The molecule has 0 saturated heterocycles. The molecular weight excluding hydrogens is 360 g/mol. The number of hydrogen-bond donors (Lipinski definition) is 1. The number of ether oxygens (including phenoxy) is 1. The van der Waals surface area contributed by atoms with Crippen molar-refractivity contribution in [2.45, 2.75) is 39.0 Å². The Morgan fingerprint density at radius 2 is 1.96 bits per heavy atom. The molecule has 8 nitrogen and oxygen atoms in total. The SMILES string of the molecule is COC(=O)C1=C(C)Nc2c(c(C(C)(C)C)nn2C)C1c1ccccc1[N+](=O)[O-]. The average molecular weight is 384 g/mol. The van der Waals surface area contributed by atoms with Gasteiger partial charge in [0.1, 0.15) is 5.82 Å². The summed E-state index contributed by atoms with van der Waals surface area (Å²) in [6, 6.07) is 6.50. The van der Waals surface area contributed by atoms with Crippen molar-refractivity contribution in [3.05, 3.63) is 62.5 Å². The normalized spacial score (nSPS) is 16.4. The summed E-state index contributed by atoms with van der Waals surface area (Å²) in [4.78, 5) is 24.0. The zero-order chi connectivity index (χ0) is 20.8. The van der Waals surface area contributed by atoms with Gasteiger partial charge in [-0.1, -0.05) is 39.0 Å². The van der Waals surface area contributed by atoms with Gasteiger partial charge in [-0.2, -0.15) is 5.10 Å². The minimum absolute atomic E-state index is 0.0433. The van der Waals surface area contributed by atoms with Gasteiger partial charge < -0.3 is 10.1 Å². The van der Waals surface area contributed by atoms with Crippen LogP contribution in [-0.4, -0.2) is 27.8 Å². The summed E-state index contributed by atoms with van der Waals surface area (Å²) in [5, 5.41) is 19.6. The maximum atomic E-state index is 12.7. The molecule has 1 aromatic carbocycles. The Balaban J connectivity index is 2.41. The van der Waals surface area contributed by atoms with Crippen LogP contribution in [-0.2, 0) is 22.0 Å². The Morgan fingerprint density at radius 1 is 1.32 bits per heavy atom. The number of rotatable bonds is 3. The zero-order valence-electron chi connectivity index (χ0n) is 16.9. The number of anilines is 1. The van der Waals surface area contributed by atoms with Crippen LogP contribution in [0.3, 0.4) is 0 Å². The number of aryl methyl sites for hydroxylation is 1. The number of aromatic nitrogens is 2. The van der Waals surface area contributed by atoms with E-state index in [1.807, 2.05) is 27.8 Å². The van der Waals surface area contributed by atoms with Gasteiger partial charge in [0, 0.05) is 35.4 Å². The van der Waals surface area contributed by atoms with Crippen LogP contribution in [0, 0.1) is 10.1 Å². The van der Waals surface area contributed by atoms with Crippen molar-refractivity contribution in [1.82, 2.24) is 9.78 Å². The Labute approximate surface area is 163 Å². The summed E-state index contributed by atoms with van der Waals surface area (Å²) in [5.41, 5.74) is 2.53. The lowest BCUT2D eigenvalue weighted by Gasteiger charge is -2.30. The van der Waals surface area contributed by atoms with E-state index >= 15 is 0 Å². The number of nitrogens with one attached hydrogen (secondary N) is 1. The molecule has 0 radical (unpaired) electrons. The van der Waals surface area contributed by atoms with Gasteiger partial charge in [-0.3, -0.25) is 14.8 Å². The van der Waals surface area contributed by atoms with E-state index in [0.717, 1.165) is 17.1 Å². The molecule has 1 aromatic heterocycles. The number of para-hydroxylation sites is 1. The van der Waals surface area contributed by atoms with E-state index in [1.54, 1.807) is 29.8 Å². The molecule has 0 aliphatic carbocycles. The first-order valence-corrected chi connectivity index (χ1v) is 8.94. The monoisotopic (exact) mass is 384 g/mol. The number of methoxy groups -OCH3 is 1. The summed E-state index contributed by atoms with van der Waals surface area (Å²) >= 11 is 0. The van der Waals surface area contributed by atoms with Crippen LogP contribution >= 0.6 is 0 Å². The van der Waals surface area contributed by atoms with Crippen LogP contribution < -0.4 is 5.32 Å². The molecule has 0 amide bonds.